The molecule has 3 heteroatoms. The first-order chi connectivity index (χ1) is 13.8. The van der Waals surface area contributed by atoms with Gasteiger partial charge in [-0.1, -0.05) is 36.4 Å². The van der Waals surface area contributed by atoms with Gasteiger partial charge in [-0.3, -0.25) is 0 Å². The molecule has 7 aromatic rings. The van der Waals surface area contributed by atoms with Gasteiger partial charge in [0.1, 0.15) is 16.9 Å². The Labute approximate surface area is 159 Å². The molecule has 0 N–H and O–H groups in total. The van der Waals surface area contributed by atoms with Crippen LogP contribution in [-0.2, 0) is 0 Å². The number of rotatable bonds is 1. The van der Waals surface area contributed by atoms with Gasteiger partial charge in [0.05, 0.1) is 29.0 Å². The normalized spacial score (nSPS) is 12.5. The Hall–Kier alpha value is -3.72. The predicted molar refractivity (Wildman–Crippen MR) is 115 cm³/mol. The van der Waals surface area contributed by atoms with Crippen molar-refractivity contribution in [1.82, 2.24) is 4.40 Å². The molecule has 0 saturated heterocycles. The first kappa shape index (κ1) is 14.4. The van der Waals surface area contributed by atoms with Crippen molar-refractivity contribution in [2.75, 3.05) is 7.11 Å². The first-order valence-corrected chi connectivity index (χ1v) is 9.41. The second kappa shape index (κ2) is 4.76. The smallest absolute Gasteiger partial charge is 0.145 e. The van der Waals surface area contributed by atoms with Gasteiger partial charge in [0.15, 0.2) is 0 Å². The van der Waals surface area contributed by atoms with Crippen LogP contribution in [0.2, 0.25) is 0 Å². The zero-order chi connectivity index (χ0) is 18.4. The maximum Gasteiger partial charge on any atom is 0.145 e. The summed E-state index contributed by atoms with van der Waals surface area (Å²) in [5.74, 6) is 0.874. The highest BCUT2D eigenvalue weighted by atomic mass is 16.5. The summed E-state index contributed by atoms with van der Waals surface area (Å²) < 4.78 is 14.3. The monoisotopic (exact) mass is 361 g/mol. The highest BCUT2D eigenvalue weighted by Crippen LogP contribution is 2.45. The number of hydrogen-bond donors (Lipinski definition) is 0. The largest absolute Gasteiger partial charge is 0.497 e. The number of methoxy groups -OCH3 is 1. The summed E-state index contributed by atoms with van der Waals surface area (Å²) in [5, 5.41) is 7.18. The molecule has 0 fully saturated rings. The molecule has 0 aliphatic carbocycles. The molecule has 0 spiro atoms. The van der Waals surface area contributed by atoms with Crippen LogP contribution in [0.1, 0.15) is 0 Å². The van der Waals surface area contributed by atoms with E-state index in [2.05, 4.69) is 59.0 Å². The lowest BCUT2D eigenvalue weighted by atomic mass is 10.0. The third-order valence-electron chi connectivity index (χ3n) is 6.01. The maximum absolute atomic E-state index is 6.38. The minimum Gasteiger partial charge on any atom is -0.497 e. The van der Waals surface area contributed by atoms with Crippen LogP contribution in [0.15, 0.2) is 77.2 Å². The Morgan fingerprint density at radius 1 is 0.714 bits per heavy atom. The highest BCUT2D eigenvalue weighted by molar-refractivity contribution is 6.32. The standard InChI is InChI=1S/C25H15NO2/c1-27-14-10-11-21-17(12-14)18-13-19-15-6-3-5-9-22(15)28-25(19)23-16-7-2-4-8-20(16)26(21)24(18)23/h2-13H,1H3. The summed E-state index contributed by atoms with van der Waals surface area (Å²) in [6.07, 6.45) is 0. The van der Waals surface area contributed by atoms with Gasteiger partial charge in [0, 0.05) is 26.9 Å². The number of fused-ring (bicyclic) bond motifs is 10. The number of hydrogen-bond acceptors (Lipinski definition) is 2. The molecule has 3 nitrogen and oxygen atoms in total. The second-order valence-corrected chi connectivity index (χ2v) is 7.36. The lowest BCUT2D eigenvalue weighted by Gasteiger charge is -2.01. The third kappa shape index (κ3) is 1.53. The van der Waals surface area contributed by atoms with E-state index >= 15 is 0 Å². The summed E-state index contributed by atoms with van der Waals surface area (Å²) in [6, 6.07) is 25.5. The molecule has 0 atom stereocenters. The van der Waals surface area contributed by atoms with Crippen LogP contribution in [0.4, 0.5) is 0 Å². The van der Waals surface area contributed by atoms with Crippen molar-refractivity contribution in [3.05, 3.63) is 72.8 Å². The van der Waals surface area contributed by atoms with Crippen molar-refractivity contribution in [3.8, 4) is 5.75 Å². The number of nitrogens with zero attached hydrogens (tertiary/aromatic N) is 1. The van der Waals surface area contributed by atoms with Crippen LogP contribution in [0, 0.1) is 0 Å². The SMILES string of the molecule is COc1ccc2c(c1)c1cc3c4ccccc4oc3c3c4ccccc4n2c13. The van der Waals surface area contributed by atoms with E-state index in [0.717, 1.165) is 27.7 Å². The molecule has 0 aliphatic rings. The fourth-order valence-corrected chi connectivity index (χ4v) is 4.84. The molecule has 132 valence electrons. The van der Waals surface area contributed by atoms with E-state index in [0.29, 0.717) is 0 Å². The molecule has 0 unspecified atom stereocenters. The van der Waals surface area contributed by atoms with Crippen LogP contribution >= 0.6 is 0 Å². The molecule has 28 heavy (non-hydrogen) atoms. The summed E-state index contributed by atoms with van der Waals surface area (Å²) in [4.78, 5) is 0. The van der Waals surface area contributed by atoms with Crippen molar-refractivity contribution >= 4 is 60.0 Å². The van der Waals surface area contributed by atoms with Gasteiger partial charge >= 0.3 is 0 Å². The Bertz CT molecular complexity index is 1700. The Morgan fingerprint density at radius 2 is 1.50 bits per heavy atom. The van der Waals surface area contributed by atoms with Crippen molar-refractivity contribution < 1.29 is 9.15 Å². The van der Waals surface area contributed by atoms with Gasteiger partial charge in [-0.25, -0.2) is 0 Å². The quantitative estimate of drug-likeness (QED) is 0.323. The molecule has 0 bridgehead atoms. The van der Waals surface area contributed by atoms with E-state index in [1.54, 1.807) is 7.11 Å². The third-order valence-corrected chi connectivity index (χ3v) is 6.01. The van der Waals surface area contributed by atoms with E-state index in [1.807, 2.05) is 18.2 Å². The summed E-state index contributed by atoms with van der Waals surface area (Å²) >= 11 is 0. The van der Waals surface area contributed by atoms with E-state index in [9.17, 15) is 0 Å². The molecule has 0 saturated carbocycles. The molecule has 3 heterocycles. The molecule has 0 radical (unpaired) electrons. The average molecular weight is 361 g/mol. The minimum atomic E-state index is 0.874. The molecule has 7 rings (SSSR count). The topological polar surface area (TPSA) is 26.8 Å². The Morgan fingerprint density at radius 3 is 2.39 bits per heavy atom. The van der Waals surface area contributed by atoms with E-state index in [1.165, 1.54) is 38.1 Å². The summed E-state index contributed by atoms with van der Waals surface area (Å²) in [7, 11) is 1.72. The van der Waals surface area contributed by atoms with Crippen molar-refractivity contribution in [2.45, 2.75) is 0 Å². The van der Waals surface area contributed by atoms with Crippen LogP contribution in [0.5, 0.6) is 5.75 Å². The first-order valence-electron chi connectivity index (χ1n) is 9.41. The number of aromatic nitrogens is 1. The minimum absolute atomic E-state index is 0.874. The van der Waals surface area contributed by atoms with Gasteiger partial charge in [0.2, 0.25) is 0 Å². The zero-order valence-electron chi connectivity index (χ0n) is 15.2. The number of para-hydroxylation sites is 2. The highest BCUT2D eigenvalue weighted by Gasteiger charge is 2.22. The summed E-state index contributed by atoms with van der Waals surface area (Å²) in [6.45, 7) is 0. The maximum atomic E-state index is 6.38. The average Bonchev–Trinajstić information content (AvgIpc) is 3.38. The van der Waals surface area contributed by atoms with Gasteiger partial charge in [-0.15, -0.1) is 0 Å². The molecule has 3 aromatic heterocycles. The lowest BCUT2D eigenvalue weighted by molar-refractivity contribution is 0.415. The number of benzene rings is 4. The predicted octanol–water partition coefficient (Wildman–Crippen LogP) is 6.74. The van der Waals surface area contributed by atoms with Gasteiger partial charge in [0.25, 0.3) is 0 Å². The van der Waals surface area contributed by atoms with E-state index in [-0.39, 0.29) is 0 Å². The fourth-order valence-electron chi connectivity index (χ4n) is 4.84. The van der Waals surface area contributed by atoms with Crippen LogP contribution in [-0.4, -0.2) is 11.5 Å². The van der Waals surface area contributed by atoms with Gasteiger partial charge in [-0.2, -0.15) is 0 Å². The van der Waals surface area contributed by atoms with Crippen molar-refractivity contribution in [2.24, 2.45) is 0 Å². The molecule has 0 amide bonds. The molecule has 0 aliphatic heterocycles. The number of ether oxygens (including phenoxy) is 1. The van der Waals surface area contributed by atoms with Gasteiger partial charge < -0.3 is 13.6 Å². The molecular weight excluding hydrogens is 346 g/mol. The molecule has 4 aromatic carbocycles. The zero-order valence-corrected chi connectivity index (χ0v) is 15.2. The lowest BCUT2D eigenvalue weighted by Crippen LogP contribution is -1.83. The van der Waals surface area contributed by atoms with Crippen molar-refractivity contribution in [1.29, 1.82) is 0 Å². The second-order valence-electron chi connectivity index (χ2n) is 7.36. The number of furan rings is 1. The Kier molecular flexibility index (Phi) is 2.44. The fraction of sp³-hybridized carbons (Fsp3) is 0.0400. The Balaban J connectivity index is 1.89. The van der Waals surface area contributed by atoms with Crippen LogP contribution in [0.3, 0.4) is 0 Å². The summed E-state index contributed by atoms with van der Waals surface area (Å²) in [5.41, 5.74) is 5.51. The van der Waals surface area contributed by atoms with Crippen LogP contribution < -0.4 is 4.74 Å². The van der Waals surface area contributed by atoms with E-state index < -0.39 is 0 Å². The molecular formula is C25H15NO2. The van der Waals surface area contributed by atoms with Crippen LogP contribution in [0.25, 0.3) is 60.0 Å². The van der Waals surface area contributed by atoms with E-state index in [4.69, 9.17) is 9.15 Å². The van der Waals surface area contributed by atoms with Crippen molar-refractivity contribution in [3.63, 3.8) is 0 Å². The van der Waals surface area contributed by atoms with Gasteiger partial charge in [-0.05, 0) is 36.4 Å².